The average molecular weight is 350 g/mol. The summed E-state index contributed by atoms with van der Waals surface area (Å²) >= 11 is 3.52. The van der Waals surface area contributed by atoms with E-state index in [2.05, 4.69) is 82.3 Å². The van der Waals surface area contributed by atoms with E-state index in [9.17, 15) is 0 Å². The highest BCUT2D eigenvalue weighted by Gasteiger charge is 2.08. The molecule has 0 unspecified atom stereocenters. The van der Waals surface area contributed by atoms with Gasteiger partial charge in [0.05, 0.1) is 18.3 Å². The molecule has 0 bridgehead atoms. The number of halogens is 1. The van der Waals surface area contributed by atoms with Crippen molar-refractivity contribution in [1.29, 1.82) is 0 Å². The lowest BCUT2D eigenvalue weighted by atomic mass is 10.1. The first-order valence-electron chi connectivity index (χ1n) is 7.74. The summed E-state index contributed by atoms with van der Waals surface area (Å²) in [4.78, 5) is 0. The van der Waals surface area contributed by atoms with Gasteiger partial charge in [-0.1, -0.05) is 36.7 Å². The van der Waals surface area contributed by atoms with Crippen LogP contribution >= 0.6 is 15.9 Å². The smallest absolute Gasteiger partial charge is 0.0815 e. The molecule has 0 atom stereocenters. The summed E-state index contributed by atoms with van der Waals surface area (Å²) in [6.07, 6.45) is 5.36. The molecule has 2 aromatic rings. The van der Waals surface area contributed by atoms with Crippen LogP contribution in [-0.4, -0.2) is 9.78 Å². The number of rotatable bonds is 7. The van der Waals surface area contributed by atoms with Crippen molar-refractivity contribution in [3.8, 4) is 0 Å². The van der Waals surface area contributed by atoms with E-state index in [0.717, 1.165) is 36.0 Å². The molecule has 0 amide bonds. The number of aryl methyl sites for hydroxylation is 1. The van der Waals surface area contributed by atoms with Gasteiger partial charge in [-0.05, 0) is 49.1 Å². The number of nitrogens with one attached hydrogen (secondary N) is 1. The summed E-state index contributed by atoms with van der Waals surface area (Å²) in [5.74, 6) is 0. The van der Waals surface area contributed by atoms with E-state index in [1.807, 2.05) is 0 Å². The molecule has 1 aromatic heterocycles. The highest BCUT2D eigenvalue weighted by molar-refractivity contribution is 9.10. The quantitative estimate of drug-likeness (QED) is 0.746. The SMILES string of the molecule is CCc1cc(Br)ccc1NCc1ccn(C(CC)CC)n1. The summed E-state index contributed by atoms with van der Waals surface area (Å²) in [5, 5.41) is 8.18. The van der Waals surface area contributed by atoms with Gasteiger partial charge in [0.1, 0.15) is 0 Å². The van der Waals surface area contributed by atoms with Gasteiger partial charge in [0.25, 0.3) is 0 Å². The van der Waals surface area contributed by atoms with Crippen LogP contribution in [0.4, 0.5) is 5.69 Å². The van der Waals surface area contributed by atoms with Crippen LogP contribution in [0.15, 0.2) is 34.9 Å². The second-order valence-electron chi connectivity index (χ2n) is 5.27. The normalized spacial score (nSPS) is 11.1. The van der Waals surface area contributed by atoms with Crippen molar-refractivity contribution in [2.45, 2.75) is 52.6 Å². The van der Waals surface area contributed by atoms with Crippen LogP contribution < -0.4 is 5.32 Å². The minimum absolute atomic E-state index is 0.512. The lowest BCUT2D eigenvalue weighted by Gasteiger charge is -2.13. The van der Waals surface area contributed by atoms with Crippen LogP contribution in [0.1, 0.15) is 50.9 Å². The predicted octanol–water partition coefficient (Wildman–Crippen LogP) is 5.18. The molecule has 0 fully saturated rings. The van der Waals surface area contributed by atoms with E-state index in [1.54, 1.807) is 0 Å². The summed E-state index contributed by atoms with van der Waals surface area (Å²) in [6.45, 7) is 7.36. The van der Waals surface area contributed by atoms with Crippen molar-refractivity contribution in [1.82, 2.24) is 9.78 Å². The second-order valence-corrected chi connectivity index (χ2v) is 6.18. The fraction of sp³-hybridized carbons (Fsp3) is 0.471. The van der Waals surface area contributed by atoms with Crippen molar-refractivity contribution in [3.05, 3.63) is 46.2 Å². The number of aromatic nitrogens is 2. The molecule has 0 aliphatic carbocycles. The number of hydrogen-bond acceptors (Lipinski definition) is 2. The van der Waals surface area contributed by atoms with E-state index in [4.69, 9.17) is 0 Å². The van der Waals surface area contributed by atoms with Gasteiger partial charge in [-0.15, -0.1) is 0 Å². The summed E-state index contributed by atoms with van der Waals surface area (Å²) < 4.78 is 3.22. The zero-order valence-electron chi connectivity index (χ0n) is 13.1. The van der Waals surface area contributed by atoms with E-state index in [1.165, 1.54) is 11.3 Å². The molecule has 2 rings (SSSR count). The largest absolute Gasteiger partial charge is 0.379 e. The van der Waals surface area contributed by atoms with Gasteiger partial charge in [0, 0.05) is 16.4 Å². The van der Waals surface area contributed by atoms with Gasteiger partial charge in [-0.2, -0.15) is 5.10 Å². The third-order valence-corrected chi connectivity index (χ3v) is 4.38. The molecule has 0 saturated heterocycles. The summed E-state index contributed by atoms with van der Waals surface area (Å²) in [6, 6.07) is 8.99. The third kappa shape index (κ3) is 4.10. The maximum atomic E-state index is 4.69. The van der Waals surface area contributed by atoms with Crippen molar-refractivity contribution in [2.75, 3.05) is 5.32 Å². The average Bonchev–Trinajstić information content (AvgIpc) is 2.96. The molecule has 0 spiro atoms. The van der Waals surface area contributed by atoms with Crippen LogP contribution in [0.3, 0.4) is 0 Å². The standard InChI is InChI=1S/C17H24BrN3/c1-4-13-11-14(18)7-8-17(13)19-12-15-9-10-21(20-15)16(5-2)6-3/h7-11,16,19H,4-6,12H2,1-3H3. The van der Waals surface area contributed by atoms with E-state index in [0.29, 0.717) is 6.04 Å². The fourth-order valence-electron chi connectivity index (χ4n) is 2.55. The van der Waals surface area contributed by atoms with Gasteiger partial charge >= 0.3 is 0 Å². The molecular formula is C17H24BrN3. The van der Waals surface area contributed by atoms with Crippen LogP contribution in [0.5, 0.6) is 0 Å². The molecule has 3 nitrogen and oxygen atoms in total. The second kappa shape index (κ2) is 7.64. The van der Waals surface area contributed by atoms with Gasteiger partial charge in [0.2, 0.25) is 0 Å². The molecule has 21 heavy (non-hydrogen) atoms. The summed E-state index contributed by atoms with van der Waals surface area (Å²) in [7, 11) is 0. The van der Waals surface area contributed by atoms with Gasteiger partial charge < -0.3 is 5.32 Å². The van der Waals surface area contributed by atoms with Crippen LogP contribution in [0.2, 0.25) is 0 Å². The van der Waals surface area contributed by atoms with Crippen molar-refractivity contribution < 1.29 is 0 Å². The van der Waals surface area contributed by atoms with Gasteiger partial charge in [-0.25, -0.2) is 0 Å². The van der Waals surface area contributed by atoms with Crippen molar-refractivity contribution in [2.24, 2.45) is 0 Å². The Morgan fingerprint density at radius 1 is 1.19 bits per heavy atom. The zero-order valence-corrected chi connectivity index (χ0v) is 14.7. The minimum atomic E-state index is 0.512. The first kappa shape index (κ1) is 16.1. The molecule has 1 heterocycles. The monoisotopic (exact) mass is 349 g/mol. The van der Waals surface area contributed by atoms with Crippen LogP contribution in [0, 0.1) is 0 Å². The van der Waals surface area contributed by atoms with E-state index >= 15 is 0 Å². The molecule has 0 aliphatic heterocycles. The highest BCUT2D eigenvalue weighted by Crippen LogP contribution is 2.22. The number of anilines is 1. The maximum Gasteiger partial charge on any atom is 0.0815 e. The third-order valence-electron chi connectivity index (χ3n) is 3.89. The Labute approximate surface area is 135 Å². The minimum Gasteiger partial charge on any atom is -0.379 e. The summed E-state index contributed by atoms with van der Waals surface area (Å²) in [5.41, 5.74) is 3.61. The molecular weight excluding hydrogens is 326 g/mol. The molecule has 0 saturated carbocycles. The first-order chi connectivity index (χ1) is 10.2. The molecule has 114 valence electrons. The molecule has 4 heteroatoms. The number of benzene rings is 1. The van der Waals surface area contributed by atoms with Crippen molar-refractivity contribution >= 4 is 21.6 Å². The Bertz CT molecular complexity index is 573. The molecule has 0 radical (unpaired) electrons. The first-order valence-corrected chi connectivity index (χ1v) is 8.53. The maximum absolute atomic E-state index is 4.69. The Kier molecular flexibility index (Phi) is 5.85. The van der Waals surface area contributed by atoms with E-state index < -0.39 is 0 Å². The highest BCUT2D eigenvalue weighted by atomic mass is 79.9. The van der Waals surface area contributed by atoms with E-state index in [-0.39, 0.29) is 0 Å². The number of hydrogen-bond donors (Lipinski definition) is 1. The lowest BCUT2D eigenvalue weighted by Crippen LogP contribution is -2.09. The predicted molar refractivity (Wildman–Crippen MR) is 92.7 cm³/mol. The zero-order chi connectivity index (χ0) is 15.2. The topological polar surface area (TPSA) is 29.9 Å². The molecule has 1 N–H and O–H groups in total. The molecule has 1 aromatic carbocycles. The lowest BCUT2D eigenvalue weighted by molar-refractivity contribution is 0.426. The van der Waals surface area contributed by atoms with Gasteiger partial charge in [-0.3, -0.25) is 4.68 Å². The Balaban J connectivity index is 2.03. The number of nitrogens with zero attached hydrogens (tertiary/aromatic N) is 2. The van der Waals surface area contributed by atoms with Gasteiger partial charge in [0.15, 0.2) is 0 Å². The van der Waals surface area contributed by atoms with Crippen molar-refractivity contribution in [3.63, 3.8) is 0 Å². The Morgan fingerprint density at radius 2 is 1.95 bits per heavy atom. The molecule has 0 aliphatic rings. The fourth-order valence-corrected chi connectivity index (χ4v) is 2.96. The van der Waals surface area contributed by atoms with Crippen LogP contribution in [0.25, 0.3) is 0 Å². The Morgan fingerprint density at radius 3 is 2.62 bits per heavy atom. The van der Waals surface area contributed by atoms with Crippen LogP contribution in [-0.2, 0) is 13.0 Å². The Hall–Kier alpha value is -1.29.